The van der Waals surface area contributed by atoms with Crippen LogP contribution in [0, 0.1) is 6.57 Å². The molecule has 0 aliphatic rings. The van der Waals surface area contributed by atoms with Gasteiger partial charge in [-0.25, -0.2) is 4.85 Å². The quantitative estimate of drug-likeness (QED) is 0.648. The maximum Gasteiger partial charge on any atom is 0.311 e. The van der Waals surface area contributed by atoms with Crippen molar-refractivity contribution in [1.82, 2.24) is 4.98 Å². The molecule has 0 amide bonds. The number of ether oxygens (including phenoxy) is 1. The summed E-state index contributed by atoms with van der Waals surface area (Å²) in [4.78, 5) is 17.8. The first-order chi connectivity index (χ1) is 8.22. The Morgan fingerprint density at radius 1 is 1.47 bits per heavy atom. The number of fused-ring (bicyclic) bond motifs is 1. The normalized spacial score (nSPS) is 10.1. The lowest BCUT2D eigenvalue weighted by Crippen LogP contribution is -2.07. The van der Waals surface area contributed by atoms with E-state index in [1.54, 1.807) is 19.1 Å². The summed E-state index contributed by atoms with van der Waals surface area (Å²) in [5.41, 5.74) is 2.26. The van der Waals surface area contributed by atoms with Crippen molar-refractivity contribution in [3.63, 3.8) is 0 Å². The number of carbonyl (C=O) groups excluding carboxylic acids is 1. The Kier molecular flexibility index (Phi) is 3.10. The van der Waals surface area contributed by atoms with E-state index >= 15 is 0 Å². The fourth-order valence-electron chi connectivity index (χ4n) is 1.71. The van der Waals surface area contributed by atoms with Crippen LogP contribution in [0.1, 0.15) is 12.6 Å². The molecule has 2 rings (SSSR count). The van der Waals surface area contributed by atoms with Gasteiger partial charge in [0.25, 0.3) is 0 Å². The number of benzene rings is 1. The molecule has 4 heteroatoms. The van der Waals surface area contributed by atoms with Crippen LogP contribution in [0.5, 0.6) is 0 Å². The van der Waals surface area contributed by atoms with Crippen molar-refractivity contribution in [3.8, 4) is 0 Å². The zero-order valence-corrected chi connectivity index (χ0v) is 9.49. The second kappa shape index (κ2) is 4.71. The number of hydrogen-bond donors (Lipinski definition) is 1. The van der Waals surface area contributed by atoms with Gasteiger partial charge in [-0.2, -0.15) is 0 Å². The smallest absolute Gasteiger partial charge is 0.311 e. The van der Waals surface area contributed by atoms with E-state index in [1.807, 2.05) is 12.1 Å². The highest BCUT2D eigenvalue weighted by Crippen LogP contribution is 2.22. The second-order valence-electron chi connectivity index (χ2n) is 3.66. The molecule has 0 aliphatic carbocycles. The van der Waals surface area contributed by atoms with E-state index in [2.05, 4.69) is 9.83 Å². The molecule has 1 aromatic heterocycles. The molecule has 17 heavy (non-hydrogen) atoms. The number of aromatic amines is 1. The molecule has 0 radical (unpaired) electrons. The maximum atomic E-state index is 11.3. The average molecular weight is 228 g/mol. The molecular formula is C13H12N2O2. The van der Waals surface area contributed by atoms with Gasteiger partial charge in [-0.1, -0.05) is 12.1 Å². The number of nitrogens with one attached hydrogen (secondary N) is 1. The highest BCUT2D eigenvalue weighted by molar-refractivity contribution is 5.85. The molecule has 0 atom stereocenters. The SMILES string of the molecule is [C-]#[N+]c1ccc2cc(CC(=O)OCC)[nH]c2c1. The van der Waals surface area contributed by atoms with Gasteiger partial charge in [0.15, 0.2) is 5.69 Å². The molecule has 0 saturated heterocycles. The summed E-state index contributed by atoms with van der Waals surface area (Å²) in [7, 11) is 0. The molecule has 0 saturated carbocycles. The Hall–Kier alpha value is -2.28. The minimum Gasteiger partial charge on any atom is -0.466 e. The number of nitrogens with zero attached hydrogens (tertiary/aromatic N) is 1. The average Bonchev–Trinajstić information content (AvgIpc) is 2.69. The van der Waals surface area contributed by atoms with Crippen LogP contribution in [0.2, 0.25) is 0 Å². The minimum atomic E-state index is -0.246. The zero-order valence-electron chi connectivity index (χ0n) is 9.49. The van der Waals surface area contributed by atoms with E-state index in [-0.39, 0.29) is 12.4 Å². The molecule has 0 fully saturated rings. The van der Waals surface area contributed by atoms with Crippen LogP contribution in [-0.4, -0.2) is 17.6 Å². The van der Waals surface area contributed by atoms with Crippen molar-refractivity contribution in [2.45, 2.75) is 13.3 Å². The molecule has 0 unspecified atom stereocenters. The van der Waals surface area contributed by atoms with Crippen LogP contribution in [0.4, 0.5) is 5.69 Å². The van der Waals surface area contributed by atoms with Gasteiger partial charge in [0, 0.05) is 11.2 Å². The van der Waals surface area contributed by atoms with Gasteiger partial charge in [-0.15, -0.1) is 0 Å². The maximum absolute atomic E-state index is 11.3. The van der Waals surface area contributed by atoms with Gasteiger partial charge in [-0.3, -0.25) is 4.79 Å². The number of aromatic nitrogens is 1. The lowest BCUT2D eigenvalue weighted by molar-refractivity contribution is -0.142. The third-order valence-electron chi connectivity index (χ3n) is 2.43. The van der Waals surface area contributed by atoms with E-state index in [0.29, 0.717) is 12.3 Å². The predicted molar refractivity (Wildman–Crippen MR) is 64.9 cm³/mol. The summed E-state index contributed by atoms with van der Waals surface area (Å²) in [6, 6.07) is 7.31. The van der Waals surface area contributed by atoms with Crippen LogP contribution in [0.25, 0.3) is 15.7 Å². The highest BCUT2D eigenvalue weighted by atomic mass is 16.5. The van der Waals surface area contributed by atoms with E-state index in [9.17, 15) is 4.79 Å². The number of esters is 1. The summed E-state index contributed by atoms with van der Waals surface area (Å²) in [5.74, 6) is -0.246. The topological polar surface area (TPSA) is 46.5 Å². The van der Waals surface area contributed by atoms with Gasteiger partial charge in [0.05, 0.1) is 19.6 Å². The van der Waals surface area contributed by atoms with E-state index in [4.69, 9.17) is 11.3 Å². The van der Waals surface area contributed by atoms with Crippen LogP contribution in [0.3, 0.4) is 0 Å². The van der Waals surface area contributed by atoms with Crippen LogP contribution < -0.4 is 0 Å². The molecule has 4 nitrogen and oxygen atoms in total. The minimum absolute atomic E-state index is 0.232. The van der Waals surface area contributed by atoms with Crippen molar-refractivity contribution in [2.24, 2.45) is 0 Å². The van der Waals surface area contributed by atoms with Crippen LogP contribution in [-0.2, 0) is 16.0 Å². The van der Waals surface area contributed by atoms with Crippen LogP contribution in [0.15, 0.2) is 24.3 Å². The van der Waals surface area contributed by atoms with Gasteiger partial charge in [0.1, 0.15) is 0 Å². The fourth-order valence-corrected chi connectivity index (χ4v) is 1.71. The molecule has 0 aliphatic heterocycles. The Morgan fingerprint density at radius 3 is 3.00 bits per heavy atom. The number of rotatable bonds is 3. The molecule has 0 spiro atoms. The first kappa shape index (κ1) is 11.2. The zero-order chi connectivity index (χ0) is 12.3. The van der Waals surface area contributed by atoms with E-state index < -0.39 is 0 Å². The fraction of sp³-hybridized carbons (Fsp3) is 0.231. The summed E-state index contributed by atoms with van der Waals surface area (Å²) >= 11 is 0. The standard InChI is InChI=1S/C13H12N2O2/c1-3-17-13(16)8-11-6-9-4-5-10(14-2)7-12(9)15-11/h4-7,15H,3,8H2,1H3. The summed E-state index contributed by atoms with van der Waals surface area (Å²) < 4.78 is 4.88. The van der Waals surface area contributed by atoms with Crippen molar-refractivity contribution in [3.05, 3.63) is 41.4 Å². The third-order valence-corrected chi connectivity index (χ3v) is 2.43. The van der Waals surface area contributed by atoms with Crippen molar-refractivity contribution in [1.29, 1.82) is 0 Å². The van der Waals surface area contributed by atoms with Crippen LogP contribution >= 0.6 is 0 Å². The molecule has 86 valence electrons. The number of hydrogen-bond acceptors (Lipinski definition) is 2. The Morgan fingerprint density at radius 2 is 2.29 bits per heavy atom. The summed E-state index contributed by atoms with van der Waals surface area (Å²) in [6.07, 6.45) is 0.232. The molecule has 1 N–H and O–H groups in total. The molecule has 1 aromatic carbocycles. The van der Waals surface area contributed by atoms with Gasteiger partial charge in [-0.05, 0) is 24.4 Å². The Bertz CT molecular complexity index is 593. The first-order valence-electron chi connectivity index (χ1n) is 5.37. The summed E-state index contributed by atoms with van der Waals surface area (Å²) in [5, 5.41) is 0.997. The first-order valence-corrected chi connectivity index (χ1v) is 5.37. The van der Waals surface area contributed by atoms with Crippen molar-refractivity contribution < 1.29 is 9.53 Å². The van der Waals surface area contributed by atoms with Gasteiger partial charge in [0.2, 0.25) is 0 Å². The molecule has 0 bridgehead atoms. The van der Waals surface area contributed by atoms with Gasteiger partial charge >= 0.3 is 5.97 Å². The Labute approximate surface area is 99.0 Å². The Balaban J connectivity index is 2.26. The molecular weight excluding hydrogens is 216 g/mol. The number of carbonyl (C=O) groups is 1. The van der Waals surface area contributed by atoms with Crippen molar-refractivity contribution in [2.75, 3.05) is 6.61 Å². The molecule has 2 aromatic rings. The molecule has 1 heterocycles. The van der Waals surface area contributed by atoms with E-state index in [0.717, 1.165) is 16.6 Å². The predicted octanol–water partition coefficient (Wildman–Crippen LogP) is 2.82. The third kappa shape index (κ3) is 2.45. The largest absolute Gasteiger partial charge is 0.466 e. The lowest BCUT2D eigenvalue weighted by atomic mass is 10.2. The lowest BCUT2D eigenvalue weighted by Gasteiger charge is -1.98. The highest BCUT2D eigenvalue weighted by Gasteiger charge is 2.07. The van der Waals surface area contributed by atoms with Gasteiger partial charge < -0.3 is 9.72 Å². The van der Waals surface area contributed by atoms with Crippen molar-refractivity contribution >= 4 is 22.6 Å². The summed E-state index contributed by atoms with van der Waals surface area (Å²) in [6.45, 7) is 9.10. The number of H-pyrrole nitrogens is 1. The van der Waals surface area contributed by atoms with E-state index in [1.165, 1.54) is 0 Å². The monoisotopic (exact) mass is 228 g/mol. The second-order valence-corrected chi connectivity index (χ2v) is 3.66.